The Morgan fingerprint density at radius 3 is 2.57 bits per heavy atom. The van der Waals surface area contributed by atoms with Crippen LogP contribution in [-0.4, -0.2) is 25.5 Å². The van der Waals surface area contributed by atoms with Crippen LogP contribution in [0.5, 0.6) is 0 Å². The first-order chi connectivity index (χ1) is 11.3. The quantitative estimate of drug-likeness (QED) is 0.861. The van der Waals surface area contributed by atoms with Crippen LogP contribution in [0.2, 0.25) is 0 Å². The number of nitrogens with one attached hydrogen (secondary N) is 2. The predicted octanol–water partition coefficient (Wildman–Crippen LogP) is 3.00. The van der Waals surface area contributed by atoms with Gasteiger partial charge in [-0.25, -0.2) is 0 Å². The molecule has 2 heterocycles. The fourth-order valence-corrected chi connectivity index (χ4v) is 2.83. The summed E-state index contributed by atoms with van der Waals surface area (Å²) in [5.74, 6) is 0.769. The van der Waals surface area contributed by atoms with Crippen LogP contribution in [0.1, 0.15) is 25.0 Å². The molecule has 0 saturated carbocycles. The van der Waals surface area contributed by atoms with Crippen LogP contribution in [-0.2, 0) is 11.3 Å². The van der Waals surface area contributed by atoms with Crippen molar-refractivity contribution in [1.29, 1.82) is 0 Å². The van der Waals surface area contributed by atoms with E-state index in [9.17, 15) is 4.79 Å². The molecular weight excluding hydrogens is 290 g/mol. The van der Waals surface area contributed by atoms with Gasteiger partial charge in [0.05, 0.1) is 19.4 Å². The topological polar surface area (TPSA) is 57.5 Å². The van der Waals surface area contributed by atoms with Gasteiger partial charge in [-0.15, -0.1) is 0 Å². The van der Waals surface area contributed by atoms with E-state index >= 15 is 0 Å². The molecule has 1 aromatic heterocycles. The molecule has 1 saturated heterocycles. The number of amides is 1. The average molecular weight is 313 g/mol. The third-order valence-electron chi connectivity index (χ3n) is 4.04. The minimum absolute atomic E-state index is 0.0534. The number of nitrogens with zero attached hydrogens (tertiary/aromatic N) is 1. The first-order valence-corrected chi connectivity index (χ1v) is 8.19. The molecule has 23 heavy (non-hydrogen) atoms. The van der Waals surface area contributed by atoms with E-state index < -0.39 is 0 Å². The molecule has 1 amide bonds. The highest BCUT2D eigenvalue weighted by molar-refractivity contribution is 5.92. The molecule has 0 bridgehead atoms. The van der Waals surface area contributed by atoms with Gasteiger partial charge in [-0.3, -0.25) is 4.79 Å². The normalized spacial score (nSPS) is 14.7. The molecule has 0 spiro atoms. The van der Waals surface area contributed by atoms with Gasteiger partial charge in [-0.2, -0.15) is 0 Å². The third kappa shape index (κ3) is 4.60. The standard InChI is InChI=1S/C18H23N3O2/c22-18(14-19-13-17-5-4-12-23-17)20-15-6-8-16(9-7-15)21-10-2-1-3-11-21/h4-9,12,19H,1-3,10-11,13-14H2,(H,20,22). The summed E-state index contributed by atoms with van der Waals surface area (Å²) in [4.78, 5) is 14.3. The van der Waals surface area contributed by atoms with Crippen LogP contribution in [0.3, 0.4) is 0 Å². The molecule has 1 aromatic carbocycles. The summed E-state index contributed by atoms with van der Waals surface area (Å²) in [5, 5.41) is 5.96. The molecule has 1 aliphatic rings. The molecule has 2 N–H and O–H groups in total. The molecule has 0 aliphatic carbocycles. The summed E-state index contributed by atoms with van der Waals surface area (Å²) in [5.41, 5.74) is 2.06. The van der Waals surface area contributed by atoms with Crippen LogP contribution in [0.4, 0.5) is 11.4 Å². The molecule has 2 aromatic rings. The lowest BCUT2D eigenvalue weighted by Gasteiger charge is -2.28. The van der Waals surface area contributed by atoms with Crippen LogP contribution >= 0.6 is 0 Å². The summed E-state index contributed by atoms with van der Waals surface area (Å²) >= 11 is 0. The number of furan rings is 1. The summed E-state index contributed by atoms with van der Waals surface area (Å²) in [6, 6.07) is 11.8. The molecule has 5 heteroatoms. The fourth-order valence-electron chi connectivity index (χ4n) is 2.83. The lowest BCUT2D eigenvalue weighted by atomic mass is 10.1. The zero-order valence-corrected chi connectivity index (χ0v) is 13.3. The van der Waals surface area contributed by atoms with Gasteiger partial charge in [-0.05, 0) is 55.7 Å². The number of rotatable bonds is 6. The highest BCUT2D eigenvalue weighted by atomic mass is 16.3. The van der Waals surface area contributed by atoms with Crippen LogP contribution in [0.25, 0.3) is 0 Å². The minimum atomic E-state index is -0.0534. The van der Waals surface area contributed by atoms with Crippen molar-refractivity contribution in [3.05, 3.63) is 48.4 Å². The minimum Gasteiger partial charge on any atom is -0.468 e. The van der Waals surface area contributed by atoms with Crippen molar-refractivity contribution >= 4 is 17.3 Å². The Morgan fingerprint density at radius 1 is 1.09 bits per heavy atom. The predicted molar refractivity (Wildman–Crippen MR) is 91.6 cm³/mol. The zero-order chi connectivity index (χ0) is 15.9. The van der Waals surface area contributed by atoms with Crippen molar-refractivity contribution in [1.82, 2.24) is 5.32 Å². The number of anilines is 2. The zero-order valence-electron chi connectivity index (χ0n) is 13.3. The monoisotopic (exact) mass is 313 g/mol. The van der Waals surface area contributed by atoms with E-state index in [1.165, 1.54) is 24.9 Å². The van der Waals surface area contributed by atoms with E-state index in [0.717, 1.165) is 24.5 Å². The molecule has 122 valence electrons. The lowest BCUT2D eigenvalue weighted by molar-refractivity contribution is -0.115. The Hall–Kier alpha value is -2.27. The molecule has 1 fully saturated rings. The van der Waals surface area contributed by atoms with Gasteiger partial charge in [0.2, 0.25) is 5.91 Å². The van der Waals surface area contributed by atoms with Crippen molar-refractivity contribution in [2.24, 2.45) is 0 Å². The Bertz CT molecular complexity index is 602. The van der Waals surface area contributed by atoms with Crippen LogP contribution < -0.4 is 15.5 Å². The van der Waals surface area contributed by atoms with E-state index in [1.807, 2.05) is 24.3 Å². The van der Waals surface area contributed by atoms with E-state index in [2.05, 4.69) is 27.7 Å². The summed E-state index contributed by atoms with van der Waals surface area (Å²) in [7, 11) is 0. The van der Waals surface area contributed by atoms with Gasteiger partial charge in [-0.1, -0.05) is 0 Å². The molecule has 0 unspecified atom stereocenters. The number of carbonyl (C=O) groups is 1. The van der Waals surface area contributed by atoms with Crippen molar-refractivity contribution in [3.63, 3.8) is 0 Å². The highest BCUT2D eigenvalue weighted by Crippen LogP contribution is 2.21. The van der Waals surface area contributed by atoms with Crippen molar-refractivity contribution in [3.8, 4) is 0 Å². The number of carbonyl (C=O) groups excluding carboxylic acids is 1. The maximum absolute atomic E-state index is 11.9. The SMILES string of the molecule is O=C(CNCc1ccco1)Nc1ccc(N2CCCCC2)cc1. The van der Waals surface area contributed by atoms with E-state index in [4.69, 9.17) is 4.42 Å². The Morgan fingerprint density at radius 2 is 1.87 bits per heavy atom. The Kier molecular flexibility index (Phi) is 5.32. The maximum atomic E-state index is 11.9. The van der Waals surface area contributed by atoms with Gasteiger partial charge in [0, 0.05) is 24.5 Å². The van der Waals surface area contributed by atoms with E-state index in [1.54, 1.807) is 6.26 Å². The van der Waals surface area contributed by atoms with Crippen LogP contribution in [0.15, 0.2) is 47.1 Å². The Labute approximate surface area is 136 Å². The number of piperidine rings is 1. The molecular formula is C18H23N3O2. The van der Waals surface area contributed by atoms with Gasteiger partial charge in [0.1, 0.15) is 5.76 Å². The van der Waals surface area contributed by atoms with E-state index in [0.29, 0.717) is 6.54 Å². The van der Waals surface area contributed by atoms with Crippen molar-refractivity contribution in [2.45, 2.75) is 25.8 Å². The first kappa shape index (κ1) is 15.6. The molecule has 0 atom stereocenters. The lowest BCUT2D eigenvalue weighted by Crippen LogP contribution is -2.29. The second kappa shape index (κ2) is 7.83. The first-order valence-electron chi connectivity index (χ1n) is 8.19. The highest BCUT2D eigenvalue weighted by Gasteiger charge is 2.10. The third-order valence-corrected chi connectivity index (χ3v) is 4.04. The van der Waals surface area contributed by atoms with Gasteiger partial charge >= 0.3 is 0 Å². The summed E-state index contributed by atoms with van der Waals surface area (Å²) in [6.45, 7) is 3.06. The largest absolute Gasteiger partial charge is 0.468 e. The Balaban J connectivity index is 1.44. The number of hydrogen-bond acceptors (Lipinski definition) is 4. The average Bonchev–Trinajstić information content (AvgIpc) is 3.10. The fraction of sp³-hybridized carbons (Fsp3) is 0.389. The second-order valence-electron chi connectivity index (χ2n) is 5.83. The number of hydrogen-bond donors (Lipinski definition) is 2. The van der Waals surface area contributed by atoms with Crippen LogP contribution in [0, 0.1) is 0 Å². The second-order valence-corrected chi connectivity index (χ2v) is 5.83. The number of benzene rings is 1. The molecule has 3 rings (SSSR count). The summed E-state index contributed by atoms with van der Waals surface area (Å²) < 4.78 is 5.21. The molecule has 5 nitrogen and oxygen atoms in total. The van der Waals surface area contributed by atoms with Gasteiger partial charge < -0.3 is 20.0 Å². The van der Waals surface area contributed by atoms with Gasteiger partial charge in [0.15, 0.2) is 0 Å². The maximum Gasteiger partial charge on any atom is 0.238 e. The van der Waals surface area contributed by atoms with Crippen molar-refractivity contribution in [2.75, 3.05) is 29.9 Å². The van der Waals surface area contributed by atoms with E-state index in [-0.39, 0.29) is 12.5 Å². The summed E-state index contributed by atoms with van der Waals surface area (Å²) in [6.07, 6.45) is 5.48. The van der Waals surface area contributed by atoms with Crippen molar-refractivity contribution < 1.29 is 9.21 Å². The molecule has 0 radical (unpaired) electrons. The van der Waals surface area contributed by atoms with Gasteiger partial charge in [0.25, 0.3) is 0 Å². The smallest absolute Gasteiger partial charge is 0.238 e. The molecule has 1 aliphatic heterocycles.